The van der Waals surface area contributed by atoms with E-state index in [1.165, 1.54) is 31.4 Å². The number of hydrogen-bond acceptors (Lipinski definition) is 4. The number of halogens is 2. The molecular weight excluding hydrogens is 358 g/mol. The maximum Gasteiger partial charge on any atom is 0.387 e. The van der Waals surface area contributed by atoms with Crippen molar-refractivity contribution in [3.63, 3.8) is 0 Å². The van der Waals surface area contributed by atoms with Crippen LogP contribution in [0.5, 0.6) is 11.5 Å². The molecule has 0 spiro atoms. The number of methoxy groups -OCH3 is 1. The lowest BCUT2D eigenvalue weighted by atomic mass is 10.1. The van der Waals surface area contributed by atoms with Crippen LogP contribution in [-0.4, -0.2) is 32.1 Å². The van der Waals surface area contributed by atoms with Crippen LogP contribution in [0.1, 0.15) is 20.7 Å². The van der Waals surface area contributed by atoms with Gasteiger partial charge in [-0.1, -0.05) is 18.1 Å². The summed E-state index contributed by atoms with van der Waals surface area (Å²) in [5.74, 6) is 0.985. The second-order valence-corrected chi connectivity index (χ2v) is 5.13. The number of amides is 2. The minimum atomic E-state index is -3.07. The van der Waals surface area contributed by atoms with Gasteiger partial charge in [-0.05, 0) is 30.3 Å². The van der Waals surface area contributed by atoms with Crippen molar-refractivity contribution in [2.24, 2.45) is 0 Å². The number of para-hydroxylation sites is 1. The number of ether oxygens (including phenoxy) is 2. The Bertz CT molecular complexity index is 878. The van der Waals surface area contributed by atoms with Crippen molar-refractivity contribution in [1.82, 2.24) is 5.32 Å². The van der Waals surface area contributed by atoms with Gasteiger partial charge in [0.15, 0.2) is 11.5 Å². The molecule has 140 valence electrons. The maximum atomic E-state index is 12.5. The Morgan fingerprint density at radius 3 is 2.56 bits per heavy atom. The van der Waals surface area contributed by atoms with Gasteiger partial charge >= 0.3 is 6.61 Å². The van der Waals surface area contributed by atoms with E-state index in [1.54, 1.807) is 12.1 Å². The van der Waals surface area contributed by atoms with Gasteiger partial charge in [0.2, 0.25) is 0 Å². The molecule has 0 aromatic heterocycles. The average Bonchev–Trinajstić information content (AvgIpc) is 2.66. The predicted octanol–water partition coefficient (Wildman–Crippen LogP) is 2.91. The normalized spacial score (nSPS) is 10.0. The van der Waals surface area contributed by atoms with E-state index in [4.69, 9.17) is 11.2 Å². The van der Waals surface area contributed by atoms with Gasteiger partial charge in [0.1, 0.15) is 0 Å². The Kier molecular flexibility index (Phi) is 6.72. The third-order valence-corrected chi connectivity index (χ3v) is 3.41. The molecule has 2 amide bonds. The Balaban J connectivity index is 2.25. The van der Waals surface area contributed by atoms with E-state index in [2.05, 4.69) is 21.3 Å². The molecule has 8 heteroatoms. The Labute approximate surface area is 154 Å². The van der Waals surface area contributed by atoms with Crippen molar-refractivity contribution < 1.29 is 27.8 Å². The predicted molar refractivity (Wildman–Crippen MR) is 95.2 cm³/mol. The van der Waals surface area contributed by atoms with Crippen LogP contribution in [0.15, 0.2) is 42.5 Å². The molecule has 0 heterocycles. The van der Waals surface area contributed by atoms with Crippen molar-refractivity contribution in [2.75, 3.05) is 19.0 Å². The molecule has 2 rings (SSSR count). The number of anilines is 1. The molecule has 0 bridgehead atoms. The zero-order valence-electron chi connectivity index (χ0n) is 14.3. The third kappa shape index (κ3) is 5.19. The molecular formula is C19H16F2N2O4. The summed E-state index contributed by atoms with van der Waals surface area (Å²) >= 11 is 0. The first-order valence-corrected chi connectivity index (χ1v) is 7.71. The molecule has 27 heavy (non-hydrogen) atoms. The smallest absolute Gasteiger partial charge is 0.387 e. The highest BCUT2D eigenvalue weighted by molar-refractivity contribution is 6.09. The minimum absolute atomic E-state index is 0.0356. The Morgan fingerprint density at radius 2 is 1.89 bits per heavy atom. The molecule has 2 aromatic carbocycles. The molecule has 6 nitrogen and oxygen atoms in total. The zero-order valence-corrected chi connectivity index (χ0v) is 14.3. The molecule has 0 fully saturated rings. The van der Waals surface area contributed by atoms with Crippen molar-refractivity contribution in [3.05, 3.63) is 53.6 Å². The molecule has 0 saturated heterocycles. The average molecular weight is 374 g/mol. The SMILES string of the molecule is C#CCNC(=O)c1ccccc1NC(=O)c1ccc(OC)c(OC(F)F)c1. The van der Waals surface area contributed by atoms with Gasteiger partial charge in [0.05, 0.1) is 24.9 Å². The van der Waals surface area contributed by atoms with E-state index in [0.717, 1.165) is 6.07 Å². The van der Waals surface area contributed by atoms with E-state index in [1.807, 2.05) is 0 Å². The number of carbonyl (C=O) groups is 2. The fourth-order valence-electron chi connectivity index (χ4n) is 2.22. The fourth-order valence-corrected chi connectivity index (χ4v) is 2.22. The number of benzene rings is 2. The molecule has 0 unspecified atom stereocenters. The van der Waals surface area contributed by atoms with Crippen molar-refractivity contribution in [3.8, 4) is 23.8 Å². The maximum absolute atomic E-state index is 12.5. The van der Waals surface area contributed by atoms with E-state index >= 15 is 0 Å². The highest BCUT2D eigenvalue weighted by atomic mass is 19.3. The van der Waals surface area contributed by atoms with Crippen molar-refractivity contribution in [2.45, 2.75) is 6.61 Å². The molecule has 0 aliphatic carbocycles. The van der Waals surface area contributed by atoms with E-state index in [0.29, 0.717) is 0 Å². The van der Waals surface area contributed by atoms with Crippen LogP contribution in [-0.2, 0) is 0 Å². The summed E-state index contributed by atoms with van der Waals surface area (Å²) in [7, 11) is 1.29. The first kappa shape index (κ1) is 19.7. The standard InChI is InChI=1S/C19H16F2N2O4/c1-3-10-22-18(25)13-6-4-5-7-14(13)23-17(24)12-8-9-15(26-2)16(11-12)27-19(20)21/h1,4-9,11,19H,10H2,2H3,(H,22,25)(H,23,24). The molecule has 2 aromatic rings. The number of rotatable bonds is 7. The summed E-state index contributed by atoms with van der Waals surface area (Å²) < 4.78 is 34.3. The molecule has 0 radical (unpaired) electrons. The first-order chi connectivity index (χ1) is 13.0. The lowest BCUT2D eigenvalue weighted by Crippen LogP contribution is -2.25. The quantitative estimate of drug-likeness (QED) is 0.731. The lowest BCUT2D eigenvalue weighted by molar-refractivity contribution is -0.0512. The van der Waals surface area contributed by atoms with Crippen LogP contribution in [0.3, 0.4) is 0 Å². The number of carbonyl (C=O) groups excluding carboxylic acids is 2. The lowest BCUT2D eigenvalue weighted by Gasteiger charge is -2.13. The second kappa shape index (κ2) is 9.20. The largest absolute Gasteiger partial charge is 0.493 e. The van der Waals surface area contributed by atoms with Crippen LogP contribution in [0.25, 0.3) is 0 Å². The highest BCUT2D eigenvalue weighted by Gasteiger charge is 2.17. The highest BCUT2D eigenvalue weighted by Crippen LogP contribution is 2.30. The summed E-state index contributed by atoms with van der Waals surface area (Å²) in [6.07, 6.45) is 5.11. The molecule has 0 atom stereocenters. The van der Waals surface area contributed by atoms with Gasteiger partial charge in [-0.25, -0.2) is 0 Å². The number of hydrogen-bond donors (Lipinski definition) is 2. The summed E-state index contributed by atoms with van der Waals surface area (Å²) in [5.41, 5.74) is 0.494. The van der Waals surface area contributed by atoms with Crippen LogP contribution in [0.4, 0.5) is 14.5 Å². The Morgan fingerprint density at radius 1 is 1.15 bits per heavy atom. The van der Waals surface area contributed by atoms with E-state index in [9.17, 15) is 18.4 Å². The number of alkyl halides is 2. The molecule has 0 aliphatic rings. The molecule has 0 saturated carbocycles. The molecule has 2 N–H and O–H groups in total. The van der Waals surface area contributed by atoms with E-state index < -0.39 is 18.4 Å². The van der Waals surface area contributed by atoms with Crippen LogP contribution >= 0.6 is 0 Å². The Hall–Kier alpha value is -3.60. The van der Waals surface area contributed by atoms with Crippen LogP contribution in [0.2, 0.25) is 0 Å². The number of terminal acetylenes is 1. The zero-order chi connectivity index (χ0) is 19.8. The van der Waals surface area contributed by atoms with Crippen molar-refractivity contribution in [1.29, 1.82) is 0 Å². The summed E-state index contributed by atoms with van der Waals surface area (Å²) in [6, 6.07) is 10.1. The van der Waals surface area contributed by atoms with Gasteiger partial charge in [-0.2, -0.15) is 8.78 Å². The monoisotopic (exact) mass is 374 g/mol. The number of nitrogens with one attached hydrogen (secondary N) is 2. The summed E-state index contributed by atoms with van der Waals surface area (Å²) in [4.78, 5) is 24.6. The van der Waals surface area contributed by atoms with Gasteiger partial charge in [0.25, 0.3) is 11.8 Å². The van der Waals surface area contributed by atoms with Crippen molar-refractivity contribution >= 4 is 17.5 Å². The third-order valence-electron chi connectivity index (χ3n) is 3.41. The topological polar surface area (TPSA) is 76.7 Å². The van der Waals surface area contributed by atoms with Gasteiger partial charge in [-0.3, -0.25) is 9.59 Å². The minimum Gasteiger partial charge on any atom is -0.493 e. The second-order valence-electron chi connectivity index (χ2n) is 5.13. The van der Waals surface area contributed by atoms with Gasteiger partial charge in [0, 0.05) is 5.56 Å². The fraction of sp³-hybridized carbons (Fsp3) is 0.158. The van der Waals surface area contributed by atoms with Gasteiger partial charge < -0.3 is 20.1 Å². The van der Waals surface area contributed by atoms with E-state index in [-0.39, 0.29) is 34.9 Å². The summed E-state index contributed by atoms with van der Waals surface area (Å²) in [6.45, 7) is -3.04. The first-order valence-electron chi connectivity index (χ1n) is 7.71. The van der Waals surface area contributed by atoms with Crippen LogP contribution in [0, 0.1) is 12.3 Å². The molecule has 0 aliphatic heterocycles. The van der Waals surface area contributed by atoms with Gasteiger partial charge in [-0.15, -0.1) is 6.42 Å². The summed E-state index contributed by atoms with van der Waals surface area (Å²) in [5, 5.41) is 5.07. The van der Waals surface area contributed by atoms with Crippen LogP contribution < -0.4 is 20.1 Å².